The molecule has 1 aliphatic rings. The molecule has 1 heterocycles. The molecule has 4 heteroatoms. The van der Waals surface area contributed by atoms with E-state index in [0.29, 0.717) is 5.92 Å². The molecule has 14 heavy (non-hydrogen) atoms. The number of hydrogen-bond donors (Lipinski definition) is 1. The minimum Gasteiger partial charge on any atom is -0.345 e. The number of aromatic nitrogens is 2. The molecule has 1 aromatic heterocycles. The molecule has 1 fully saturated rings. The quantitative estimate of drug-likeness (QED) is 0.772. The van der Waals surface area contributed by atoms with Crippen LogP contribution in [0.5, 0.6) is 0 Å². The Balaban J connectivity index is 2.06. The number of anilines is 1. The van der Waals surface area contributed by atoms with Crippen molar-refractivity contribution in [2.24, 2.45) is 0 Å². The topological polar surface area (TPSA) is 37.8 Å². The van der Waals surface area contributed by atoms with Crippen molar-refractivity contribution in [1.29, 1.82) is 0 Å². The zero-order chi connectivity index (χ0) is 10.2. The first kappa shape index (κ1) is 9.47. The third-order valence-electron chi connectivity index (χ3n) is 2.16. The Morgan fingerprint density at radius 2 is 2.29 bits per heavy atom. The Bertz CT molecular complexity index is 371. The third kappa shape index (κ3) is 2.05. The zero-order valence-corrected chi connectivity index (χ0v) is 9.19. The lowest BCUT2D eigenvalue weighted by atomic mass is 10.1. The van der Waals surface area contributed by atoms with Crippen LogP contribution in [0.2, 0.25) is 0 Å². The van der Waals surface area contributed by atoms with Crippen molar-refractivity contribution >= 4 is 16.7 Å². The van der Waals surface area contributed by atoms with Gasteiger partial charge in [-0.05, 0) is 26.7 Å². The molecule has 0 spiro atoms. The summed E-state index contributed by atoms with van der Waals surface area (Å²) in [5.41, 5.74) is -0.347. The molecule has 0 aromatic carbocycles. The summed E-state index contributed by atoms with van der Waals surface area (Å²) in [4.78, 5) is 4.41. The maximum Gasteiger partial charge on any atom is 0.203 e. The van der Waals surface area contributed by atoms with Crippen LogP contribution < -0.4 is 5.32 Å². The van der Waals surface area contributed by atoms with Gasteiger partial charge in [0.1, 0.15) is 5.82 Å². The molecule has 0 unspecified atom stereocenters. The second kappa shape index (κ2) is 3.25. The first-order chi connectivity index (χ1) is 6.61. The lowest BCUT2D eigenvalue weighted by Crippen LogP contribution is -2.28. The van der Waals surface area contributed by atoms with Crippen LogP contribution in [0.25, 0.3) is 0 Å². The lowest BCUT2D eigenvalue weighted by molar-refractivity contribution is 0.739. The fraction of sp³-hybridized carbons (Fsp3) is 0.600. The second-order valence-corrected chi connectivity index (χ2v) is 4.88. The summed E-state index contributed by atoms with van der Waals surface area (Å²) in [5, 5.41) is 4.01. The molecule has 0 bridgehead atoms. The van der Waals surface area contributed by atoms with Crippen LogP contribution in [0.1, 0.15) is 38.4 Å². The van der Waals surface area contributed by atoms with E-state index in [4.69, 9.17) is 6.42 Å². The van der Waals surface area contributed by atoms with E-state index in [1.165, 1.54) is 24.4 Å². The Hall–Kier alpha value is -1.08. The Labute approximate surface area is 88.1 Å². The monoisotopic (exact) mass is 207 g/mol. The molecule has 0 atom stereocenters. The van der Waals surface area contributed by atoms with E-state index >= 15 is 0 Å². The van der Waals surface area contributed by atoms with Crippen molar-refractivity contribution < 1.29 is 0 Å². The van der Waals surface area contributed by atoms with E-state index in [0.717, 1.165) is 11.0 Å². The molecular formula is C10H13N3S. The molecule has 0 saturated heterocycles. The standard InChI is InChI=1S/C10H13N3S/c1-4-10(2,3)12-9-11-8(13-14-9)7-5-6-7/h1,7H,5-6H2,2-3H3,(H,11,12,13). The van der Waals surface area contributed by atoms with Crippen LogP contribution in [0.3, 0.4) is 0 Å². The first-order valence-corrected chi connectivity index (χ1v) is 5.47. The minimum absolute atomic E-state index is 0.347. The van der Waals surface area contributed by atoms with Gasteiger partial charge in [-0.1, -0.05) is 5.92 Å². The van der Waals surface area contributed by atoms with Gasteiger partial charge in [-0.2, -0.15) is 4.37 Å². The van der Waals surface area contributed by atoms with Crippen molar-refractivity contribution in [3.63, 3.8) is 0 Å². The zero-order valence-electron chi connectivity index (χ0n) is 8.37. The van der Waals surface area contributed by atoms with Gasteiger partial charge in [0.25, 0.3) is 0 Å². The SMILES string of the molecule is C#CC(C)(C)Nc1nc(C2CC2)ns1. The van der Waals surface area contributed by atoms with Crippen LogP contribution in [0, 0.1) is 12.3 Å². The van der Waals surface area contributed by atoms with Gasteiger partial charge in [-0.3, -0.25) is 0 Å². The number of nitrogens with one attached hydrogen (secondary N) is 1. The molecule has 1 aliphatic carbocycles. The largest absolute Gasteiger partial charge is 0.345 e. The molecule has 0 aliphatic heterocycles. The summed E-state index contributed by atoms with van der Waals surface area (Å²) < 4.78 is 4.30. The summed E-state index contributed by atoms with van der Waals surface area (Å²) >= 11 is 1.39. The molecule has 1 saturated carbocycles. The second-order valence-electron chi connectivity index (χ2n) is 4.13. The number of hydrogen-bond acceptors (Lipinski definition) is 4. The fourth-order valence-corrected chi connectivity index (χ4v) is 1.90. The molecule has 3 nitrogen and oxygen atoms in total. The summed E-state index contributed by atoms with van der Waals surface area (Å²) in [7, 11) is 0. The normalized spacial score (nSPS) is 16.4. The summed E-state index contributed by atoms with van der Waals surface area (Å²) in [6, 6.07) is 0. The van der Waals surface area contributed by atoms with Crippen LogP contribution in [-0.4, -0.2) is 14.9 Å². The van der Waals surface area contributed by atoms with Gasteiger partial charge in [0.2, 0.25) is 5.13 Å². The van der Waals surface area contributed by atoms with Gasteiger partial charge in [0.05, 0.1) is 5.54 Å². The highest BCUT2D eigenvalue weighted by atomic mass is 32.1. The van der Waals surface area contributed by atoms with E-state index in [1.54, 1.807) is 0 Å². The van der Waals surface area contributed by atoms with E-state index < -0.39 is 0 Å². The Morgan fingerprint density at radius 3 is 2.86 bits per heavy atom. The summed E-state index contributed by atoms with van der Waals surface area (Å²) in [6.45, 7) is 3.90. The maximum absolute atomic E-state index is 5.38. The van der Waals surface area contributed by atoms with Crippen molar-refractivity contribution in [2.45, 2.75) is 38.1 Å². The van der Waals surface area contributed by atoms with Gasteiger partial charge >= 0.3 is 0 Å². The molecule has 2 rings (SSSR count). The third-order valence-corrected chi connectivity index (χ3v) is 2.81. The van der Waals surface area contributed by atoms with E-state index in [1.807, 2.05) is 13.8 Å². The summed E-state index contributed by atoms with van der Waals surface area (Å²) in [5.74, 6) is 4.26. The van der Waals surface area contributed by atoms with Crippen LogP contribution in [-0.2, 0) is 0 Å². The smallest absolute Gasteiger partial charge is 0.203 e. The van der Waals surface area contributed by atoms with Crippen molar-refractivity contribution in [3.8, 4) is 12.3 Å². The van der Waals surface area contributed by atoms with Crippen LogP contribution in [0.15, 0.2) is 0 Å². The van der Waals surface area contributed by atoms with Crippen LogP contribution in [0.4, 0.5) is 5.13 Å². The minimum atomic E-state index is -0.347. The molecule has 74 valence electrons. The van der Waals surface area contributed by atoms with Gasteiger partial charge < -0.3 is 5.32 Å². The van der Waals surface area contributed by atoms with Crippen LogP contribution >= 0.6 is 11.5 Å². The van der Waals surface area contributed by atoms with Gasteiger partial charge in [-0.15, -0.1) is 6.42 Å². The highest BCUT2D eigenvalue weighted by Gasteiger charge is 2.28. The Morgan fingerprint density at radius 1 is 1.57 bits per heavy atom. The molecular weight excluding hydrogens is 194 g/mol. The Kier molecular flexibility index (Phi) is 2.20. The highest BCUT2D eigenvalue weighted by Crippen LogP contribution is 2.39. The predicted octanol–water partition coefficient (Wildman–Crippen LogP) is 2.24. The van der Waals surface area contributed by atoms with E-state index in [9.17, 15) is 0 Å². The number of terminal acetylenes is 1. The van der Waals surface area contributed by atoms with Crippen molar-refractivity contribution in [2.75, 3.05) is 5.32 Å². The lowest BCUT2D eigenvalue weighted by Gasteiger charge is -2.17. The molecule has 1 aromatic rings. The van der Waals surface area contributed by atoms with E-state index in [2.05, 4.69) is 20.6 Å². The molecule has 0 radical (unpaired) electrons. The number of nitrogens with zero attached hydrogens (tertiary/aromatic N) is 2. The molecule has 1 N–H and O–H groups in total. The summed E-state index contributed by atoms with van der Waals surface area (Å²) in [6.07, 6.45) is 7.84. The van der Waals surface area contributed by atoms with Gasteiger partial charge in [0.15, 0.2) is 0 Å². The molecule has 0 amide bonds. The highest BCUT2D eigenvalue weighted by molar-refractivity contribution is 7.09. The first-order valence-electron chi connectivity index (χ1n) is 4.70. The van der Waals surface area contributed by atoms with Crippen molar-refractivity contribution in [3.05, 3.63) is 5.82 Å². The van der Waals surface area contributed by atoms with Gasteiger partial charge in [-0.25, -0.2) is 4.98 Å². The van der Waals surface area contributed by atoms with E-state index in [-0.39, 0.29) is 5.54 Å². The average molecular weight is 207 g/mol. The predicted molar refractivity (Wildman–Crippen MR) is 58.4 cm³/mol. The van der Waals surface area contributed by atoms with Gasteiger partial charge in [0, 0.05) is 17.5 Å². The fourth-order valence-electron chi connectivity index (χ4n) is 1.10. The number of rotatable bonds is 3. The maximum atomic E-state index is 5.38. The average Bonchev–Trinajstić information content (AvgIpc) is 2.89. The van der Waals surface area contributed by atoms with Crippen molar-refractivity contribution in [1.82, 2.24) is 9.36 Å².